The Morgan fingerprint density at radius 3 is 1.81 bits per heavy atom. The molecule has 0 radical (unpaired) electrons. The molecule has 0 heterocycles. The molecule has 2 heteroatoms. The second-order valence-corrected chi connectivity index (χ2v) is 12.9. The van der Waals surface area contributed by atoms with E-state index in [2.05, 4.69) is 76.2 Å². The van der Waals surface area contributed by atoms with Crippen LogP contribution in [0.5, 0.6) is 5.75 Å². The molecule has 0 N–H and O–H groups in total. The van der Waals surface area contributed by atoms with Crippen LogP contribution in [0.4, 0.5) is 0 Å². The number of hydrogen-bond acceptors (Lipinski definition) is 2. The van der Waals surface area contributed by atoms with E-state index < -0.39 is 0 Å². The Bertz CT molecular complexity index is 716. The minimum absolute atomic E-state index is 0.332. The molecule has 0 fully saturated rings. The van der Waals surface area contributed by atoms with Gasteiger partial charge in [0, 0.05) is 0 Å². The summed E-state index contributed by atoms with van der Waals surface area (Å²) in [7, 11) is 0. The first kappa shape index (κ1) is 34.7. The van der Waals surface area contributed by atoms with E-state index in [4.69, 9.17) is 4.74 Å². The first-order chi connectivity index (χ1) is 16.9. The van der Waals surface area contributed by atoms with Gasteiger partial charge in [-0.05, 0) is 91.5 Å². The molecule has 1 rings (SSSR count). The lowest BCUT2D eigenvalue weighted by atomic mass is 9.79. The Balaban J connectivity index is 0.00000387. The summed E-state index contributed by atoms with van der Waals surface area (Å²) in [6, 6.07) is 1.99. The number of aryl methyl sites for hydroxylation is 1. The molecule has 0 spiro atoms. The second kappa shape index (κ2) is 18.9. The molecule has 0 aliphatic rings. The van der Waals surface area contributed by atoms with Crippen molar-refractivity contribution in [2.24, 2.45) is 23.2 Å². The van der Waals surface area contributed by atoms with Gasteiger partial charge >= 0.3 is 0 Å². The van der Waals surface area contributed by atoms with Gasteiger partial charge in [0.2, 0.25) is 0 Å². The lowest BCUT2D eigenvalue weighted by molar-refractivity contribution is -0.120. The zero-order chi connectivity index (χ0) is 27.7. The highest BCUT2D eigenvalue weighted by Crippen LogP contribution is 2.34. The zero-order valence-corrected chi connectivity index (χ0v) is 26.2. The number of rotatable bonds is 17. The summed E-state index contributed by atoms with van der Waals surface area (Å²) >= 11 is 0. The van der Waals surface area contributed by atoms with Gasteiger partial charge in [-0.1, -0.05) is 113 Å². The molecule has 0 saturated carbocycles. The van der Waals surface area contributed by atoms with Gasteiger partial charge in [0.1, 0.15) is 5.75 Å². The third kappa shape index (κ3) is 15.1. The predicted molar refractivity (Wildman–Crippen MR) is 160 cm³/mol. The molecule has 0 aliphatic carbocycles. The van der Waals surface area contributed by atoms with Crippen molar-refractivity contribution in [1.82, 2.24) is 0 Å². The average Bonchev–Trinajstić information content (AvgIpc) is 2.77. The SMILES string of the molecule is CCC.Cc1cc(OC=O)c(C)c(CCC(C)(C)CCCC(C)CCCC(C)CCCC(C)C)c1C. The molecule has 0 aromatic heterocycles. The van der Waals surface area contributed by atoms with Gasteiger partial charge < -0.3 is 4.74 Å². The van der Waals surface area contributed by atoms with Crippen LogP contribution in [0.1, 0.15) is 148 Å². The Morgan fingerprint density at radius 1 is 0.806 bits per heavy atom. The Hall–Kier alpha value is -1.31. The standard InChI is InChI=1S/C31H54O2.C3H8/c1-23(2)13-10-14-24(3)15-11-16-25(4)17-12-19-31(8,9)20-18-29-27(6)26(5)21-30(28(29)7)33-22-32;1-3-2/h21-25H,10-20H2,1-9H3;3H2,1-2H3. The molecular weight excluding hydrogens is 440 g/mol. The van der Waals surface area contributed by atoms with Gasteiger partial charge in [-0.3, -0.25) is 4.79 Å². The quantitative estimate of drug-likeness (QED) is 0.198. The predicted octanol–water partition coefficient (Wildman–Crippen LogP) is 11.0. The summed E-state index contributed by atoms with van der Waals surface area (Å²) < 4.78 is 5.23. The molecule has 2 unspecified atom stereocenters. The minimum atomic E-state index is 0.332. The number of hydrogen-bond donors (Lipinski definition) is 0. The van der Waals surface area contributed by atoms with Crippen molar-refractivity contribution in [3.05, 3.63) is 28.3 Å². The van der Waals surface area contributed by atoms with Gasteiger partial charge in [-0.2, -0.15) is 0 Å². The van der Waals surface area contributed by atoms with E-state index in [0.29, 0.717) is 17.6 Å². The summed E-state index contributed by atoms with van der Waals surface area (Å²) in [5.41, 5.74) is 5.35. The molecule has 1 aromatic carbocycles. The van der Waals surface area contributed by atoms with Crippen molar-refractivity contribution < 1.29 is 9.53 Å². The number of carbonyl (C=O) groups is 1. The van der Waals surface area contributed by atoms with E-state index in [9.17, 15) is 4.79 Å². The summed E-state index contributed by atoms with van der Waals surface area (Å²) in [4.78, 5) is 10.9. The monoisotopic (exact) mass is 502 g/mol. The van der Waals surface area contributed by atoms with Crippen molar-refractivity contribution in [3.8, 4) is 5.75 Å². The highest BCUT2D eigenvalue weighted by atomic mass is 16.5. The van der Waals surface area contributed by atoms with E-state index in [0.717, 1.165) is 29.7 Å². The lowest BCUT2D eigenvalue weighted by Crippen LogP contribution is -2.14. The van der Waals surface area contributed by atoms with Crippen molar-refractivity contribution in [2.75, 3.05) is 0 Å². The highest BCUT2D eigenvalue weighted by molar-refractivity contribution is 5.53. The molecule has 2 nitrogen and oxygen atoms in total. The van der Waals surface area contributed by atoms with Crippen LogP contribution in [-0.4, -0.2) is 6.47 Å². The van der Waals surface area contributed by atoms with Crippen LogP contribution in [0.25, 0.3) is 0 Å². The fourth-order valence-corrected chi connectivity index (χ4v) is 5.13. The van der Waals surface area contributed by atoms with Crippen LogP contribution in [0.2, 0.25) is 0 Å². The summed E-state index contributed by atoms with van der Waals surface area (Å²) in [5, 5.41) is 0. The number of carbonyl (C=O) groups excluding carboxylic acids is 1. The van der Waals surface area contributed by atoms with E-state index in [1.165, 1.54) is 87.3 Å². The van der Waals surface area contributed by atoms with Crippen LogP contribution in [0.15, 0.2) is 6.07 Å². The van der Waals surface area contributed by atoms with Gasteiger partial charge in [-0.25, -0.2) is 0 Å². The second-order valence-electron chi connectivity index (χ2n) is 12.9. The molecule has 36 heavy (non-hydrogen) atoms. The van der Waals surface area contributed by atoms with Gasteiger partial charge in [0.05, 0.1) is 0 Å². The van der Waals surface area contributed by atoms with Crippen LogP contribution in [-0.2, 0) is 11.2 Å². The van der Waals surface area contributed by atoms with E-state index in [1.807, 2.05) is 6.07 Å². The van der Waals surface area contributed by atoms with E-state index >= 15 is 0 Å². The van der Waals surface area contributed by atoms with Crippen molar-refractivity contribution in [3.63, 3.8) is 0 Å². The topological polar surface area (TPSA) is 26.3 Å². The largest absolute Gasteiger partial charge is 0.428 e. The minimum Gasteiger partial charge on any atom is -0.428 e. The number of ether oxygens (including phenoxy) is 1. The molecule has 0 amide bonds. The third-order valence-corrected chi connectivity index (χ3v) is 7.86. The summed E-state index contributed by atoms with van der Waals surface area (Å²) in [5.74, 6) is 3.29. The van der Waals surface area contributed by atoms with Crippen LogP contribution >= 0.6 is 0 Å². The van der Waals surface area contributed by atoms with Crippen molar-refractivity contribution in [2.45, 2.75) is 153 Å². The lowest BCUT2D eigenvalue weighted by Gasteiger charge is -2.27. The Morgan fingerprint density at radius 2 is 1.31 bits per heavy atom. The molecule has 1 aromatic rings. The average molecular weight is 503 g/mol. The summed E-state index contributed by atoms with van der Waals surface area (Å²) in [6.45, 7) is 25.6. The number of benzene rings is 1. The Labute approximate surface area is 226 Å². The maximum Gasteiger partial charge on any atom is 0.298 e. The first-order valence-corrected chi connectivity index (χ1v) is 15.1. The first-order valence-electron chi connectivity index (χ1n) is 15.1. The third-order valence-electron chi connectivity index (χ3n) is 7.86. The molecule has 0 saturated heterocycles. The maximum atomic E-state index is 10.9. The normalized spacial score (nSPS) is 13.2. The van der Waals surface area contributed by atoms with E-state index in [1.54, 1.807) is 0 Å². The smallest absolute Gasteiger partial charge is 0.298 e. The molecular formula is C34H62O2. The van der Waals surface area contributed by atoms with Crippen molar-refractivity contribution >= 4 is 6.47 Å². The van der Waals surface area contributed by atoms with Crippen molar-refractivity contribution in [1.29, 1.82) is 0 Å². The van der Waals surface area contributed by atoms with Gasteiger partial charge in [-0.15, -0.1) is 0 Å². The fraction of sp³-hybridized carbons (Fsp3) is 0.794. The van der Waals surface area contributed by atoms with Gasteiger partial charge in [0.15, 0.2) is 0 Å². The zero-order valence-electron chi connectivity index (χ0n) is 26.2. The Kier molecular flexibility index (Phi) is 18.2. The highest BCUT2D eigenvalue weighted by Gasteiger charge is 2.20. The van der Waals surface area contributed by atoms with Crippen LogP contribution in [0, 0.1) is 43.9 Å². The van der Waals surface area contributed by atoms with Crippen LogP contribution in [0.3, 0.4) is 0 Å². The van der Waals surface area contributed by atoms with E-state index in [-0.39, 0.29) is 0 Å². The molecule has 0 aliphatic heterocycles. The van der Waals surface area contributed by atoms with Crippen LogP contribution < -0.4 is 4.74 Å². The molecule has 0 bridgehead atoms. The summed E-state index contributed by atoms with van der Waals surface area (Å²) in [6.07, 6.45) is 15.8. The van der Waals surface area contributed by atoms with Gasteiger partial charge in [0.25, 0.3) is 6.47 Å². The molecule has 2 atom stereocenters. The molecule has 210 valence electrons. The fourth-order valence-electron chi connectivity index (χ4n) is 5.13. The maximum absolute atomic E-state index is 10.9.